The van der Waals surface area contributed by atoms with Gasteiger partial charge in [0.15, 0.2) is 5.13 Å². The van der Waals surface area contributed by atoms with E-state index in [1.165, 1.54) is 11.3 Å². The third kappa shape index (κ3) is 6.00. The van der Waals surface area contributed by atoms with Crippen LogP contribution in [0.4, 0.5) is 5.13 Å². The highest BCUT2D eigenvalue weighted by Gasteiger charge is 2.59. The van der Waals surface area contributed by atoms with Crippen LogP contribution in [0, 0.1) is 16.7 Å². The van der Waals surface area contributed by atoms with Crippen LogP contribution in [0.25, 0.3) is 0 Å². The number of unbranched alkanes of at least 4 members (excludes halogenated alkanes) is 2. The van der Waals surface area contributed by atoms with Crippen LogP contribution in [-0.4, -0.2) is 46.8 Å². The number of nitrogens with one attached hydrogen (secondary N) is 2. The van der Waals surface area contributed by atoms with Crippen LogP contribution in [0.5, 0.6) is 5.75 Å². The summed E-state index contributed by atoms with van der Waals surface area (Å²) < 4.78 is 5.43. The van der Waals surface area contributed by atoms with E-state index < -0.39 is 11.5 Å². The molecule has 8 nitrogen and oxygen atoms in total. The molecule has 0 radical (unpaired) electrons. The zero-order valence-electron chi connectivity index (χ0n) is 23.6. The Morgan fingerprint density at radius 3 is 2.69 bits per heavy atom. The molecule has 2 aromatic rings. The molecule has 4 rings (SSSR count). The van der Waals surface area contributed by atoms with Crippen LogP contribution < -0.4 is 15.4 Å². The standard InChI is InChI=1S/C30H43N3O5S/c1-5-6-7-12-25(36)32-28-33-27-20(15-26(37)31-17-19-10-8-9-11-21(19)38-4)29(2)14-13-24(35)30(3,18-34)23(29)16-22(27)39-28/h8-11,20,23-24,34-35H,5-7,12-18H2,1-4H3,(H,31,37)(H,32,33,36). The Balaban J connectivity index is 1.60. The molecule has 0 aliphatic heterocycles. The largest absolute Gasteiger partial charge is 0.496 e. The average Bonchev–Trinajstić information content (AvgIpc) is 3.33. The smallest absolute Gasteiger partial charge is 0.226 e. The van der Waals surface area contributed by atoms with E-state index in [4.69, 9.17) is 9.72 Å². The molecule has 1 saturated carbocycles. The lowest BCUT2D eigenvalue weighted by atomic mass is 9.47. The molecular formula is C30H43N3O5S. The predicted octanol–water partition coefficient (Wildman–Crippen LogP) is 4.79. The molecule has 0 saturated heterocycles. The van der Waals surface area contributed by atoms with Gasteiger partial charge < -0.3 is 25.6 Å². The highest BCUT2D eigenvalue weighted by Crippen LogP contribution is 2.62. The van der Waals surface area contributed by atoms with E-state index in [0.29, 0.717) is 30.9 Å². The Hall–Kier alpha value is -2.49. The van der Waals surface area contributed by atoms with Crippen LogP contribution in [0.3, 0.4) is 0 Å². The number of methoxy groups -OCH3 is 1. The molecule has 1 aromatic carbocycles. The molecule has 2 aliphatic rings. The first kappa shape index (κ1) is 29.5. The third-order valence-electron chi connectivity index (χ3n) is 9.21. The molecule has 2 amide bonds. The summed E-state index contributed by atoms with van der Waals surface area (Å²) >= 11 is 1.46. The number of aliphatic hydroxyl groups is 2. The number of hydrogen-bond donors (Lipinski definition) is 4. The van der Waals surface area contributed by atoms with Gasteiger partial charge in [0.2, 0.25) is 11.8 Å². The number of hydrogen-bond acceptors (Lipinski definition) is 7. The number of rotatable bonds is 11. The maximum absolute atomic E-state index is 13.4. The first-order chi connectivity index (χ1) is 18.7. The molecule has 2 aliphatic carbocycles. The minimum Gasteiger partial charge on any atom is -0.496 e. The fourth-order valence-corrected chi connectivity index (χ4v) is 7.80. The Bertz CT molecular complexity index is 1170. The summed E-state index contributed by atoms with van der Waals surface area (Å²) in [4.78, 5) is 31.9. The predicted molar refractivity (Wildman–Crippen MR) is 153 cm³/mol. The van der Waals surface area contributed by atoms with Gasteiger partial charge in [-0.2, -0.15) is 0 Å². The molecule has 1 aromatic heterocycles. The van der Waals surface area contributed by atoms with Gasteiger partial charge in [-0.3, -0.25) is 9.59 Å². The van der Waals surface area contributed by atoms with Crippen molar-refractivity contribution in [3.63, 3.8) is 0 Å². The molecule has 5 atom stereocenters. The highest BCUT2D eigenvalue weighted by atomic mass is 32.1. The summed E-state index contributed by atoms with van der Waals surface area (Å²) in [5.41, 5.74) is 0.732. The first-order valence-electron chi connectivity index (χ1n) is 14.1. The number of carbonyl (C=O) groups is 2. The highest BCUT2D eigenvalue weighted by molar-refractivity contribution is 7.15. The van der Waals surface area contributed by atoms with E-state index in [-0.39, 0.29) is 42.1 Å². The zero-order chi connectivity index (χ0) is 28.2. The van der Waals surface area contributed by atoms with Gasteiger partial charge in [-0.25, -0.2) is 4.98 Å². The topological polar surface area (TPSA) is 121 Å². The van der Waals surface area contributed by atoms with Crippen molar-refractivity contribution in [2.45, 2.75) is 90.7 Å². The number of nitrogens with zero attached hydrogens (tertiary/aromatic N) is 1. The molecule has 1 fully saturated rings. The van der Waals surface area contributed by atoms with Gasteiger partial charge in [0.25, 0.3) is 0 Å². The summed E-state index contributed by atoms with van der Waals surface area (Å²) in [5, 5.41) is 28.0. The Morgan fingerprint density at radius 2 is 1.97 bits per heavy atom. The number of para-hydroxylation sites is 1. The van der Waals surface area contributed by atoms with Crippen LogP contribution in [0.1, 0.15) is 87.8 Å². The van der Waals surface area contributed by atoms with Gasteiger partial charge >= 0.3 is 0 Å². The number of benzene rings is 1. The molecule has 1 heterocycles. The SMILES string of the molecule is CCCCCC(=O)Nc1nc2c(s1)CC1C(C)(CO)C(O)CCC1(C)C2CC(=O)NCc1ccccc1OC. The normalized spacial score (nSPS) is 27.8. The quantitative estimate of drug-likeness (QED) is 0.295. The fourth-order valence-electron chi connectivity index (χ4n) is 6.72. The summed E-state index contributed by atoms with van der Waals surface area (Å²) in [7, 11) is 1.61. The number of aliphatic hydroxyl groups excluding tert-OH is 2. The van der Waals surface area contributed by atoms with Gasteiger partial charge in [-0.15, -0.1) is 11.3 Å². The van der Waals surface area contributed by atoms with Crippen molar-refractivity contribution >= 4 is 28.3 Å². The van der Waals surface area contributed by atoms with Crippen molar-refractivity contribution in [2.75, 3.05) is 19.0 Å². The van der Waals surface area contributed by atoms with Crippen molar-refractivity contribution in [3.05, 3.63) is 40.4 Å². The van der Waals surface area contributed by atoms with Gasteiger partial charge in [0.05, 0.1) is 25.5 Å². The van der Waals surface area contributed by atoms with Crippen LogP contribution in [-0.2, 0) is 22.6 Å². The molecule has 0 spiro atoms. The molecule has 9 heteroatoms. The van der Waals surface area contributed by atoms with Gasteiger partial charge in [-0.05, 0) is 43.1 Å². The van der Waals surface area contributed by atoms with E-state index in [1.54, 1.807) is 7.11 Å². The van der Waals surface area contributed by atoms with Gasteiger partial charge in [-0.1, -0.05) is 51.8 Å². The molecule has 4 N–H and O–H groups in total. The number of carbonyl (C=O) groups excluding carboxylic acids is 2. The number of anilines is 1. The molecular weight excluding hydrogens is 514 g/mol. The van der Waals surface area contributed by atoms with E-state index in [2.05, 4.69) is 24.5 Å². The molecule has 214 valence electrons. The number of thiazole rings is 1. The van der Waals surface area contributed by atoms with Crippen LogP contribution >= 0.6 is 11.3 Å². The van der Waals surface area contributed by atoms with Crippen molar-refractivity contribution in [2.24, 2.45) is 16.7 Å². The van der Waals surface area contributed by atoms with E-state index in [0.717, 1.165) is 47.6 Å². The van der Waals surface area contributed by atoms with Crippen molar-refractivity contribution in [3.8, 4) is 5.75 Å². The lowest BCUT2D eigenvalue weighted by molar-refractivity contribution is -0.144. The molecule has 5 unspecified atom stereocenters. The van der Waals surface area contributed by atoms with Crippen molar-refractivity contribution in [1.82, 2.24) is 10.3 Å². The summed E-state index contributed by atoms with van der Waals surface area (Å²) in [6.07, 6.45) is 4.93. The second-order valence-electron chi connectivity index (χ2n) is 11.7. The Morgan fingerprint density at radius 1 is 1.21 bits per heavy atom. The minimum atomic E-state index is -0.690. The number of aromatic nitrogens is 1. The summed E-state index contributed by atoms with van der Waals surface area (Å²) in [6.45, 7) is 6.47. The summed E-state index contributed by atoms with van der Waals surface area (Å²) in [6, 6.07) is 7.61. The van der Waals surface area contributed by atoms with Gasteiger partial charge in [0.1, 0.15) is 5.75 Å². The number of fused-ring (bicyclic) bond motifs is 2. The third-order valence-corrected chi connectivity index (χ3v) is 10.2. The molecule has 39 heavy (non-hydrogen) atoms. The van der Waals surface area contributed by atoms with E-state index >= 15 is 0 Å². The first-order valence-corrected chi connectivity index (χ1v) is 14.9. The lowest BCUT2D eigenvalue weighted by Crippen LogP contribution is -2.57. The second kappa shape index (κ2) is 12.4. The van der Waals surface area contributed by atoms with Crippen LogP contribution in [0.2, 0.25) is 0 Å². The maximum Gasteiger partial charge on any atom is 0.226 e. The van der Waals surface area contributed by atoms with E-state index in [1.807, 2.05) is 31.2 Å². The Labute approximate surface area is 235 Å². The number of ether oxygens (including phenoxy) is 1. The average molecular weight is 558 g/mol. The zero-order valence-corrected chi connectivity index (χ0v) is 24.4. The van der Waals surface area contributed by atoms with Crippen molar-refractivity contribution in [1.29, 1.82) is 0 Å². The van der Waals surface area contributed by atoms with E-state index in [9.17, 15) is 19.8 Å². The lowest BCUT2D eigenvalue weighted by Gasteiger charge is -2.58. The fraction of sp³-hybridized carbons (Fsp3) is 0.633. The number of amides is 2. The minimum absolute atomic E-state index is 0.0353. The van der Waals surface area contributed by atoms with Gasteiger partial charge in [0, 0.05) is 41.2 Å². The maximum atomic E-state index is 13.4. The van der Waals surface area contributed by atoms with Crippen LogP contribution in [0.15, 0.2) is 24.3 Å². The Kier molecular flexibility index (Phi) is 9.34. The molecule has 0 bridgehead atoms. The monoisotopic (exact) mass is 557 g/mol. The van der Waals surface area contributed by atoms with Crippen molar-refractivity contribution < 1.29 is 24.5 Å². The summed E-state index contributed by atoms with van der Waals surface area (Å²) in [5.74, 6) is 0.355. The second-order valence-corrected chi connectivity index (χ2v) is 12.7.